The van der Waals surface area contributed by atoms with E-state index in [-0.39, 0.29) is 5.91 Å². The number of benzene rings is 2. The van der Waals surface area contributed by atoms with Crippen molar-refractivity contribution in [3.63, 3.8) is 0 Å². The molecule has 4 N–H and O–H groups in total. The fraction of sp³-hybridized carbons (Fsp3) is 0.333. The van der Waals surface area contributed by atoms with Gasteiger partial charge >= 0.3 is 0 Å². The largest absolute Gasteiger partial charge is 0.369 e. The number of amides is 1. The number of aromatic nitrogens is 2. The van der Waals surface area contributed by atoms with E-state index in [1.165, 1.54) is 37.7 Å². The molecule has 150 valence electrons. The van der Waals surface area contributed by atoms with Crippen molar-refractivity contribution in [3.05, 3.63) is 71.4 Å². The van der Waals surface area contributed by atoms with Gasteiger partial charge < -0.3 is 16.0 Å². The molecular weight excluding hydrogens is 360 g/mol. The molecule has 1 aliphatic carbocycles. The Morgan fingerprint density at radius 1 is 1.00 bits per heavy atom. The van der Waals surface area contributed by atoms with Crippen molar-refractivity contribution < 1.29 is 4.79 Å². The number of rotatable bonds is 6. The summed E-state index contributed by atoms with van der Waals surface area (Å²) in [6.07, 6.45) is 8.77. The van der Waals surface area contributed by atoms with Crippen molar-refractivity contribution in [2.45, 2.75) is 51.0 Å². The number of nitrogens with zero attached hydrogens (tertiary/aromatic N) is 1. The topological polar surface area (TPSA) is 83.8 Å². The Labute approximate surface area is 171 Å². The SMILES string of the molecule is Nc1ncc(-c2ccc(CNC(=O)Cc3ccc(C4CCCCC4)cc3)cc2)[nH]1. The Morgan fingerprint density at radius 2 is 1.69 bits per heavy atom. The highest BCUT2D eigenvalue weighted by atomic mass is 16.1. The zero-order chi connectivity index (χ0) is 20.1. The molecule has 0 aliphatic heterocycles. The molecule has 1 aromatic heterocycles. The summed E-state index contributed by atoms with van der Waals surface area (Å²) in [4.78, 5) is 19.3. The molecular formula is C24H28N4O. The minimum atomic E-state index is 0.0424. The van der Waals surface area contributed by atoms with Crippen molar-refractivity contribution in [1.82, 2.24) is 15.3 Å². The Hall–Kier alpha value is -3.08. The average Bonchev–Trinajstić information content (AvgIpc) is 3.20. The maximum absolute atomic E-state index is 12.3. The normalized spacial score (nSPS) is 14.6. The number of nitrogen functional groups attached to an aromatic ring is 1. The van der Waals surface area contributed by atoms with Crippen molar-refractivity contribution in [1.29, 1.82) is 0 Å². The molecule has 1 heterocycles. The second kappa shape index (κ2) is 8.95. The van der Waals surface area contributed by atoms with Crippen LogP contribution in [0.3, 0.4) is 0 Å². The predicted octanol–water partition coefficient (Wildman–Crippen LogP) is 4.57. The standard InChI is InChI=1S/C24H28N4O/c25-24-27-16-22(28-24)21-12-8-18(9-13-21)15-26-23(29)14-17-6-10-20(11-7-17)19-4-2-1-3-5-19/h6-13,16,19H,1-5,14-15H2,(H,26,29)(H3,25,27,28). The van der Waals surface area contributed by atoms with Gasteiger partial charge in [0.05, 0.1) is 18.3 Å². The zero-order valence-corrected chi connectivity index (χ0v) is 16.7. The van der Waals surface area contributed by atoms with Gasteiger partial charge in [-0.15, -0.1) is 0 Å². The fourth-order valence-electron chi connectivity index (χ4n) is 4.08. The first-order chi connectivity index (χ1) is 14.2. The Bertz CT molecular complexity index is 938. The van der Waals surface area contributed by atoms with Gasteiger partial charge in [0.1, 0.15) is 0 Å². The van der Waals surface area contributed by atoms with E-state index in [1.54, 1.807) is 6.20 Å². The molecule has 0 bridgehead atoms. The first kappa shape index (κ1) is 19.2. The molecule has 1 amide bonds. The summed E-state index contributed by atoms with van der Waals surface area (Å²) >= 11 is 0. The number of aromatic amines is 1. The minimum Gasteiger partial charge on any atom is -0.369 e. The quantitative estimate of drug-likeness (QED) is 0.578. The molecule has 0 saturated heterocycles. The Kier molecular flexibility index (Phi) is 5.94. The third kappa shape index (κ3) is 5.05. The maximum Gasteiger partial charge on any atom is 0.224 e. The lowest BCUT2D eigenvalue weighted by atomic mass is 9.84. The molecule has 1 aliphatic rings. The van der Waals surface area contributed by atoms with Crippen molar-refractivity contribution in [2.75, 3.05) is 5.73 Å². The monoisotopic (exact) mass is 388 g/mol. The number of nitrogens with one attached hydrogen (secondary N) is 2. The molecule has 5 nitrogen and oxygen atoms in total. The summed E-state index contributed by atoms with van der Waals surface area (Å²) in [5, 5.41) is 3.01. The van der Waals surface area contributed by atoms with Crippen LogP contribution >= 0.6 is 0 Å². The van der Waals surface area contributed by atoms with Gasteiger partial charge in [-0.05, 0) is 41.0 Å². The second-order valence-electron chi connectivity index (χ2n) is 7.91. The molecule has 1 fully saturated rings. The van der Waals surface area contributed by atoms with E-state index in [2.05, 4.69) is 39.6 Å². The van der Waals surface area contributed by atoms with E-state index in [4.69, 9.17) is 5.73 Å². The van der Waals surface area contributed by atoms with Crippen LogP contribution in [0.15, 0.2) is 54.7 Å². The van der Waals surface area contributed by atoms with Crippen LogP contribution in [0.5, 0.6) is 0 Å². The summed E-state index contributed by atoms with van der Waals surface area (Å²) in [5.41, 5.74) is 11.1. The third-order valence-electron chi connectivity index (χ3n) is 5.77. The summed E-state index contributed by atoms with van der Waals surface area (Å²) in [5.74, 6) is 1.15. The molecule has 3 aromatic rings. The fourth-order valence-corrected chi connectivity index (χ4v) is 4.08. The number of H-pyrrole nitrogens is 1. The first-order valence-corrected chi connectivity index (χ1v) is 10.4. The van der Waals surface area contributed by atoms with Gasteiger partial charge in [0, 0.05) is 6.54 Å². The van der Waals surface area contributed by atoms with Crippen LogP contribution in [0, 0.1) is 0 Å². The third-order valence-corrected chi connectivity index (χ3v) is 5.77. The van der Waals surface area contributed by atoms with Crippen LogP contribution in [-0.2, 0) is 17.8 Å². The van der Waals surface area contributed by atoms with Gasteiger partial charge in [-0.25, -0.2) is 4.98 Å². The molecule has 0 unspecified atom stereocenters. The molecule has 0 atom stereocenters. The maximum atomic E-state index is 12.3. The minimum absolute atomic E-state index is 0.0424. The summed E-state index contributed by atoms with van der Waals surface area (Å²) in [7, 11) is 0. The van der Waals surface area contributed by atoms with Crippen LogP contribution in [0.1, 0.15) is 54.7 Å². The smallest absolute Gasteiger partial charge is 0.224 e. The number of carbonyl (C=O) groups excluding carboxylic acids is 1. The number of imidazole rings is 1. The van der Waals surface area contributed by atoms with Crippen LogP contribution in [-0.4, -0.2) is 15.9 Å². The van der Waals surface area contributed by atoms with Crippen molar-refractivity contribution >= 4 is 11.9 Å². The highest BCUT2D eigenvalue weighted by Crippen LogP contribution is 2.32. The van der Waals surface area contributed by atoms with Gasteiger partial charge in [-0.2, -0.15) is 0 Å². The molecule has 0 spiro atoms. The average molecular weight is 389 g/mol. The zero-order valence-electron chi connectivity index (χ0n) is 16.7. The van der Waals surface area contributed by atoms with E-state index >= 15 is 0 Å². The van der Waals surface area contributed by atoms with Crippen LogP contribution in [0.4, 0.5) is 5.95 Å². The van der Waals surface area contributed by atoms with Crippen LogP contribution in [0.25, 0.3) is 11.3 Å². The number of hydrogen-bond donors (Lipinski definition) is 3. The van der Waals surface area contributed by atoms with Gasteiger partial charge in [0.25, 0.3) is 0 Å². The van der Waals surface area contributed by atoms with Crippen molar-refractivity contribution in [3.8, 4) is 11.3 Å². The Morgan fingerprint density at radius 3 is 2.34 bits per heavy atom. The van der Waals surface area contributed by atoms with E-state index in [1.807, 2.05) is 24.3 Å². The predicted molar refractivity (Wildman–Crippen MR) is 116 cm³/mol. The highest BCUT2D eigenvalue weighted by Gasteiger charge is 2.15. The summed E-state index contributed by atoms with van der Waals surface area (Å²) < 4.78 is 0. The second-order valence-corrected chi connectivity index (χ2v) is 7.91. The lowest BCUT2D eigenvalue weighted by Gasteiger charge is -2.22. The molecule has 29 heavy (non-hydrogen) atoms. The number of hydrogen-bond acceptors (Lipinski definition) is 3. The van der Waals surface area contributed by atoms with Gasteiger partial charge in [0.15, 0.2) is 5.95 Å². The van der Waals surface area contributed by atoms with E-state index in [9.17, 15) is 4.79 Å². The molecule has 5 heteroatoms. The number of nitrogens with two attached hydrogens (primary N) is 1. The lowest BCUT2D eigenvalue weighted by Crippen LogP contribution is -2.24. The first-order valence-electron chi connectivity index (χ1n) is 10.4. The van der Waals surface area contributed by atoms with E-state index in [0.29, 0.717) is 24.8 Å². The van der Waals surface area contributed by atoms with Crippen molar-refractivity contribution in [2.24, 2.45) is 0 Å². The van der Waals surface area contributed by atoms with Gasteiger partial charge in [0.2, 0.25) is 5.91 Å². The molecule has 0 radical (unpaired) electrons. The molecule has 4 rings (SSSR count). The van der Waals surface area contributed by atoms with E-state index < -0.39 is 0 Å². The van der Waals surface area contributed by atoms with Crippen LogP contribution < -0.4 is 11.1 Å². The highest BCUT2D eigenvalue weighted by molar-refractivity contribution is 5.78. The Balaban J connectivity index is 1.27. The number of carbonyl (C=O) groups is 1. The summed E-state index contributed by atoms with van der Waals surface area (Å²) in [6.45, 7) is 0.518. The van der Waals surface area contributed by atoms with Gasteiger partial charge in [-0.1, -0.05) is 67.8 Å². The summed E-state index contributed by atoms with van der Waals surface area (Å²) in [6, 6.07) is 16.6. The van der Waals surface area contributed by atoms with Gasteiger partial charge in [-0.3, -0.25) is 4.79 Å². The van der Waals surface area contributed by atoms with Crippen LogP contribution in [0.2, 0.25) is 0 Å². The molecule has 1 saturated carbocycles. The van der Waals surface area contributed by atoms with E-state index in [0.717, 1.165) is 22.4 Å². The molecule has 2 aromatic carbocycles. The lowest BCUT2D eigenvalue weighted by molar-refractivity contribution is -0.120. The number of anilines is 1.